The highest BCUT2D eigenvalue weighted by Crippen LogP contribution is 2.19. The summed E-state index contributed by atoms with van der Waals surface area (Å²) in [5.74, 6) is 0.527. The summed E-state index contributed by atoms with van der Waals surface area (Å²) in [5, 5.41) is 15.0. The third kappa shape index (κ3) is 2.62. The van der Waals surface area contributed by atoms with Crippen LogP contribution in [-0.2, 0) is 13.6 Å². The average Bonchev–Trinajstić information content (AvgIpc) is 3.08. The van der Waals surface area contributed by atoms with Crippen molar-refractivity contribution < 1.29 is 4.42 Å². The number of rotatable bonds is 4. The fraction of sp³-hybridized carbons (Fsp3) is 0.154. The molecule has 1 aromatic carbocycles. The van der Waals surface area contributed by atoms with Crippen LogP contribution in [0, 0.1) is 0 Å². The topological polar surface area (TPSA) is 68.8 Å². The Kier molecular flexibility index (Phi) is 2.97. The molecule has 0 spiro atoms. The molecule has 1 N–H and O–H groups in total. The van der Waals surface area contributed by atoms with Crippen LogP contribution in [0.4, 0.5) is 5.69 Å². The van der Waals surface area contributed by atoms with E-state index in [1.54, 1.807) is 4.68 Å². The van der Waals surface area contributed by atoms with E-state index in [9.17, 15) is 0 Å². The molecule has 0 amide bonds. The molecule has 6 heteroatoms. The highest BCUT2D eigenvalue weighted by atomic mass is 16.4. The normalized spacial score (nSPS) is 10.6. The van der Waals surface area contributed by atoms with Crippen LogP contribution in [0.15, 0.2) is 47.5 Å². The SMILES string of the molecule is Cn1cc(CNc2ccc(-c3nnco3)cc2)cn1. The van der Waals surface area contributed by atoms with Gasteiger partial charge in [-0.25, -0.2) is 0 Å². The summed E-state index contributed by atoms with van der Waals surface area (Å²) in [4.78, 5) is 0. The van der Waals surface area contributed by atoms with Gasteiger partial charge in [0, 0.05) is 36.6 Å². The zero-order valence-electron chi connectivity index (χ0n) is 10.4. The lowest BCUT2D eigenvalue weighted by Crippen LogP contribution is -1.98. The Labute approximate surface area is 110 Å². The lowest BCUT2D eigenvalue weighted by molar-refractivity contribution is 0.568. The quantitative estimate of drug-likeness (QED) is 0.773. The molecule has 0 atom stereocenters. The standard InChI is InChI=1S/C13H13N5O/c1-18-8-10(7-16-18)6-14-12-4-2-11(3-5-12)13-17-15-9-19-13/h2-5,7-9,14H,6H2,1H3. The number of hydrogen-bond acceptors (Lipinski definition) is 5. The fourth-order valence-corrected chi connectivity index (χ4v) is 1.80. The Bertz CT molecular complexity index is 642. The fourth-order valence-electron chi connectivity index (χ4n) is 1.80. The van der Waals surface area contributed by atoms with Crippen LogP contribution in [0.1, 0.15) is 5.56 Å². The molecule has 96 valence electrons. The van der Waals surface area contributed by atoms with Crippen LogP contribution in [0.2, 0.25) is 0 Å². The van der Waals surface area contributed by atoms with Crippen LogP contribution in [-0.4, -0.2) is 20.0 Å². The van der Waals surface area contributed by atoms with Crippen LogP contribution < -0.4 is 5.32 Å². The van der Waals surface area contributed by atoms with Crippen molar-refractivity contribution in [3.63, 3.8) is 0 Å². The van der Waals surface area contributed by atoms with Gasteiger partial charge in [0.25, 0.3) is 0 Å². The average molecular weight is 255 g/mol. The lowest BCUT2D eigenvalue weighted by Gasteiger charge is -2.04. The number of hydrogen-bond donors (Lipinski definition) is 1. The highest BCUT2D eigenvalue weighted by Gasteiger charge is 2.03. The number of nitrogens with one attached hydrogen (secondary N) is 1. The van der Waals surface area contributed by atoms with Gasteiger partial charge in [-0.1, -0.05) is 0 Å². The summed E-state index contributed by atoms with van der Waals surface area (Å²) >= 11 is 0. The summed E-state index contributed by atoms with van der Waals surface area (Å²) in [5.41, 5.74) is 3.08. The lowest BCUT2D eigenvalue weighted by atomic mass is 10.2. The van der Waals surface area contributed by atoms with E-state index in [4.69, 9.17) is 4.42 Å². The predicted octanol–water partition coefficient (Wildman–Crippen LogP) is 2.08. The molecule has 0 saturated carbocycles. The molecule has 0 aliphatic carbocycles. The van der Waals surface area contributed by atoms with E-state index in [2.05, 4.69) is 20.6 Å². The zero-order valence-corrected chi connectivity index (χ0v) is 10.4. The predicted molar refractivity (Wildman–Crippen MR) is 70.3 cm³/mol. The number of benzene rings is 1. The Morgan fingerprint density at radius 1 is 1.26 bits per heavy atom. The van der Waals surface area contributed by atoms with Crippen molar-refractivity contribution >= 4 is 5.69 Å². The van der Waals surface area contributed by atoms with Gasteiger partial charge in [-0.3, -0.25) is 4.68 Å². The van der Waals surface area contributed by atoms with Crippen LogP contribution in [0.5, 0.6) is 0 Å². The van der Waals surface area contributed by atoms with Gasteiger partial charge in [0.05, 0.1) is 6.20 Å². The molecular weight excluding hydrogens is 242 g/mol. The summed E-state index contributed by atoms with van der Waals surface area (Å²) < 4.78 is 6.93. The molecule has 3 aromatic rings. The van der Waals surface area contributed by atoms with E-state index >= 15 is 0 Å². The van der Waals surface area contributed by atoms with Crippen molar-refractivity contribution in [2.45, 2.75) is 6.54 Å². The van der Waals surface area contributed by atoms with Gasteiger partial charge in [0.15, 0.2) is 0 Å². The Hall–Kier alpha value is -2.63. The van der Waals surface area contributed by atoms with E-state index in [1.807, 2.05) is 43.7 Å². The number of aromatic nitrogens is 4. The Morgan fingerprint density at radius 3 is 2.74 bits per heavy atom. The van der Waals surface area contributed by atoms with Gasteiger partial charge >= 0.3 is 0 Å². The monoisotopic (exact) mass is 255 g/mol. The van der Waals surface area contributed by atoms with Crippen LogP contribution in [0.3, 0.4) is 0 Å². The third-order valence-corrected chi connectivity index (χ3v) is 2.75. The van der Waals surface area contributed by atoms with E-state index in [-0.39, 0.29) is 0 Å². The van der Waals surface area contributed by atoms with E-state index in [1.165, 1.54) is 6.39 Å². The van der Waals surface area contributed by atoms with Gasteiger partial charge < -0.3 is 9.73 Å². The summed E-state index contributed by atoms with van der Waals surface area (Å²) in [7, 11) is 1.91. The van der Waals surface area contributed by atoms with Crippen LogP contribution >= 0.6 is 0 Å². The van der Waals surface area contributed by atoms with E-state index in [0.717, 1.165) is 23.4 Å². The van der Waals surface area contributed by atoms with Crippen molar-refractivity contribution in [2.24, 2.45) is 7.05 Å². The molecule has 0 unspecified atom stereocenters. The van der Waals surface area contributed by atoms with Crippen LogP contribution in [0.25, 0.3) is 11.5 Å². The maximum absolute atomic E-state index is 5.14. The van der Waals surface area contributed by atoms with Gasteiger partial charge in [0.1, 0.15) is 0 Å². The first-order valence-corrected chi connectivity index (χ1v) is 5.89. The molecule has 19 heavy (non-hydrogen) atoms. The smallest absolute Gasteiger partial charge is 0.247 e. The summed E-state index contributed by atoms with van der Waals surface area (Å²) in [6.45, 7) is 0.744. The third-order valence-electron chi connectivity index (χ3n) is 2.75. The molecule has 2 heterocycles. The molecule has 3 rings (SSSR count). The second kappa shape index (κ2) is 4.93. The van der Waals surface area contributed by atoms with Gasteiger partial charge in [-0.15, -0.1) is 10.2 Å². The molecule has 2 aromatic heterocycles. The first kappa shape index (κ1) is 11.5. The minimum absolute atomic E-state index is 0.527. The maximum atomic E-state index is 5.14. The number of aryl methyl sites for hydroxylation is 1. The van der Waals surface area contributed by atoms with Crippen molar-refractivity contribution in [2.75, 3.05) is 5.32 Å². The minimum atomic E-state index is 0.527. The van der Waals surface area contributed by atoms with Gasteiger partial charge in [0.2, 0.25) is 12.3 Å². The minimum Gasteiger partial charge on any atom is -0.423 e. The first-order chi connectivity index (χ1) is 9.31. The molecule has 0 bridgehead atoms. The van der Waals surface area contributed by atoms with Gasteiger partial charge in [-0.2, -0.15) is 5.10 Å². The number of anilines is 1. The largest absolute Gasteiger partial charge is 0.423 e. The molecule has 0 fully saturated rings. The van der Waals surface area contributed by atoms with E-state index < -0.39 is 0 Å². The molecular formula is C13H13N5O. The van der Waals surface area contributed by atoms with Crippen molar-refractivity contribution in [1.29, 1.82) is 0 Å². The zero-order chi connectivity index (χ0) is 13.1. The molecule has 0 saturated heterocycles. The molecule has 0 aliphatic heterocycles. The second-order valence-corrected chi connectivity index (χ2v) is 4.20. The Morgan fingerprint density at radius 2 is 2.11 bits per heavy atom. The highest BCUT2D eigenvalue weighted by molar-refractivity contribution is 5.58. The van der Waals surface area contributed by atoms with Crippen molar-refractivity contribution in [1.82, 2.24) is 20.0 Å². The maximum Gasteiger partial charge on any atom is 0.247 e. The Balaban J connectivity index is 1.66. The van der Waals surface area contributed by atoms with Gasteiger partial charge in [-0.05, 0) is 24.3 Å². The summed E-state index contributed by atoms with van der Waals surface area (Å²) in [6, 6.07) is 7.85. The van der Waals surface area contributed by atoms with E-state index in [0.29, 0.717) is 5.89 Å². The number of nitrogens with zero attached hydrogens (tertiary/aromatic N) is 4. The second-order valence-electron chi connectivity index (χ2n) is 4.20. The molecule has 0 aliphatic rings. The molecule has 6 nitrogen and oxygen atoms in total. The molecule has 0 radical (unpaired) electrons. The van der Waals surface area contributed by atoms with Crippen molar-refractivity contribution in [3.05, 3.63) is 48.6 Å². The van der Waals surface area contributed by atoms with Crippen molar-refractivity contribution in [3.8, 4) is 11.5 Å². The first-order valence-electron chi connectivity index (χ1n) is 5.89. The summed E-state index contributed by atoms with van der Waals surface area (Å²) in [6.07, 6.45) is 5.16.